The Morgan fingerprint density at radius 1 is 1.28 bits per heavy atom. The van der Waals surface area contributed by atoms with Gasteiger partial charge in [0.05, 0.1) is 6.61 Å². The lowest BCUT2D eigenvalue weighted by atomic mass is 10.1. The van der Waals surface area contributed by atoms with Gasteiger partial charge in [0.25, 0.3) is 0 Å². The highest BCUT2D eigenvalue weighted by molar-refractivity contribution is 6.08. The number of ketones is 1. The van der Waals surface area contributed by atoms with Gasteiger partial charge in [-0.25, -0.2) is 4.79 Å². The lowest BCUT2D eigenvalue weighted by Gasteiger charge is -1.96. The maximum Gasteiger partial charge on any atom is 0.356 e. The molecule has 0 atom stereocenters. The number of H-pyrrole nitrogens is 1. The Balaban J connectivity index is 2.20. The average molecular weight is 244 g/mol. The van der Waals surface area contributed by atoms with Crippen molar-refractivity contribution in [1.82, 2.24) is 10.2 Å². The molecule has 1 aromatic heterocycles. The van der Waals surface area contributed by atoms with Crippen molar-refractivity contribution in [1.29, 1.82) is 0 Å². The molecule has 0 bridgehead atoms. The van der Waals surface area contributed by atoms with Crippen molar-refractivity contribution in [2.24, 2.45) is 0 Å². The first kappa shape index (κ1) is 12.0. The lowest BCUT2D eigenvalue weighted by molar-refractivity contribution is 0.0519. The fourth-order valence-corrected chi connectivity index (χ4v) is 1.49. The summed E-state index contributed by atoms with van der Waals surface area (Å²) in [5.41, 5.74) is 0.903. The minimum atomic E-state index is -0.517. The molecule has 1 N–H and O–H groups in total. The molecule has 2 rings (SSSR count). The number of carbonyl (C=O) groups is 2. The summed E-state index contributed by atoms with van der Waals surface area (Å²) in [6.07, 6.45) is 0. The van der Waals surface area contributed by atoms with E-state index in [0.717, 1.165) is 0 Å². The van der Waals surface area contributed by atoms with Gasteiger partial charge in [-0.3, -0.25) is 9.89 Å². The van der Waals surface area contributed by atoms with Gasteiger partial charge >= 0.3 is 5.97 Å². The number of benzene rings is 1. The molecule has 0 aliphatic heterocycles. The summed E-state index contributed by atoms with van der Waals surface area (Å²) in [4.78, 5) is 23.4. The molecule has 0 unspecified atom stereocenters. The maximum absolute atomic E-state index is 12.0. The molecule has 2 aromatic rings. The highest BCUT2D eigenvalue weighted by atomic mass is 16.5. The molecule has 0 aliphatic carbocycles. The molecular formula is C13H12N2O3. The molecule has 1 aromatic carbocycles. The van der Waals surface area contributed by atoms with E-state index < -0.39 is 5.97 Å². The Bertz CT molecular complexity index is 561. The van der Waals surface area contributed by atoms with Gasteiger partial charge < -0.3 is 4.74 Å². The predicted molar refractivity (Wildman–Crippen MR) is 64.4 cm³/mol. The zero-order valence-electron chi connectivity index (χ0n) is 9.84. The first-order chi connectivity index (χ1) is 8.72. The van der Waals surface area contributed by atoms with Crippen molar-refractivity contribution in [3.8, 4) is 0 Å². The van der Waals surface area contributed by atoms with Crippen LogP contribution in [0, 0.1) is 0 Å². The van der Waals surface area contributed by atoms with Crippen LogP contribution in [-0.2, 0) is 4.74 Å². The Kier molecular flexibility index (Phi) is 3.52. The Morgan fingerprint density at radius 2 is 2.00 bits per heavy atom. The fourth-order valence-electron chi connectivity index (χ4n) is 1.49. The van der Waals surface area contributed by atoms with Crippen LogP contribution in [0.5, 0.6) is 0 Å². The highest BCUT2D eigenvalue weighted by Crippen LogP contribution is 2.09. The van der Waals surface area contributed by atoms with Crippen molar-refractivity contribution >= 4 is 11.8 Å². The lowest BCUT2D eigenvalue weighted by Crippen LogP contribution is -2.04. The quantitative estimate of drug-likeness (QED) is 0.657. The average Bonchev–Trinajstić information content (AvgIpc) is 2.89. The van der Waals surface area contributed by atoms with Crippen LogP contribution in [0.2, 0.25) is 0 Å². The van der Waals surface area contributed by atoms with Gasteiger partial charge in [0, 0.05) is 11.6 Å². The molecule has 0 saturated carbocycles. The number of rotatable bonds is 4. The second kappa shape index (κ2) is 5.27. The Hall–Kier alpha value is -2.43. The van der Waals surface area contributed by atoms with Gasteiger partial charge in [0.1, 0.15) is 11.4 Å². The number of aromatic amines is 1. The third-order valence-corrected chi connectivity index (χ3v) is 2.34. The van der Waals surface area contributed by atoms with Crippen molar-refractivity contribution in [2.45, 2.75) is 6.92 Å². The molecule has 0 amide bonds. The van der Waals surface area contributed by atoms with Crippen LogP contribution in [-0.4, -0.2) is 28.6 Å². The number of esters is 1. The zero-order valence-corrected chi connectivity index (χ0v) is 9.84. The van der Waals surface area contributed by atoms with Crippen molar-refractivity contribution < 1.29 is 14.3 Å². The van der Waals surface area contributed by atoms with Gasteiger partial charge in [0.15, 0.2) is 0 Å². The van der Waals surface area contributed by atoms with E-state index in [2.05, 4.69) is 10.2 Å². The number of carbonyl (C=O) groups excluding carboxylic acids is 2. The number of aromatic nitrogens is 2. The van der Waals surface area contributed by atoms with Crippen LogP contribution in [0.25, 0.3) is 0 Å². The number of nitrogens with one attached hydrogen (secondary N) is 1. The van der Waals surface area contributed by atoms with Crippen molar-refractivity contribution in [3.63, 3.8) is 0 Å². The minimum Gasteiger partial charge on any atom is -0.461 e. The van der Waals surface area contributed by atoms with Crippen molar-refractivity contribution in [3.05, 3.63) is 53.3 Å². The molecule has 1 heterocycles. The van der Waals surface area contributed by atoms with E-state index in [0.29, 0.717) is 5.56 Å². The Labute approximate surface area is 104 Å². The largest absolute Gasteiger partial charge is 0.461 e. The second-order valence-electron chi connectivity index (χ2n) is 3.58. The molecule has 0 radical (unpaired) electrons. The van der Waals surface area contributed by atoms with Crippen LogP contribution >= 0.6 is 0 Å². The van der Waals surface area contributed by atoms with E-state index in [1.54, 1.807) is 31.2 Å². The monoisotopic (exact) mass is 244 g/mol. The molecule has 0 aliphatic rings. The summed E-state index contributed by atoms with van der Waals surface area (Å²) < 4.78 is 4.81. The molecular weight excluding hydrogens is 232 g/mol. The Morgan fingerprint density at radius 3 is 2.67 bits per heavy atom. The van der Waals surface area contributed by atoms with Crippen molar-refractivity contribution in [2.75, 3.05) is 6.61 Å². The van der Waals surface area contributed by atoms with E-state index >= 15 is 0 Å². The predicted octanol–water partition coefficient (Wildman–Crippen LogP) is 1.82. The minimum absolute atomic E-state index is 0.177. The number of ether oxygens (including phenoxy) is 1. The van der Waals surface area contributed by atoms with Crippen LogP contribution < -0.4 is 0 Å². The van der Waals surface area contributed by atoms with Crippen LogP contribution in [0.4, 0.5) is 0 Å². The summed E-state index contributed by atoms with van der Waals surface area (Å²) in [6.45, 7) is 1.99. The summed E-state index contributed by atoms with van der Waals surface area (Å²) in [7, 11) is 0. The highest BCUT2D eigenvalue weighted by Gasteiger charge is 2.16. The summed E-state index contributed by atoms with van der Waals surface area (Å²) >= 11 is 0. The maximum atomic E-state index is 12.0. The van der Waals surface area contributed by atoms with Gasteiger partial charge in [-0.2, -0.15) is 5.10 Å². The summed E-state index contributed by atoms with van der Waals surface area (Å²) in [6, 6.07) is 10.2. The smallest absolute Gasteiger partial charge is 0.356 e. The van der Waals surface area contributed by atoms with Gasteiger partial charge in [0.2, 0.25) is 5.78 Å². The number of nitrogens with zero attached hydrogens (tertiary/aromatic N) is 1. The van der Waals surface area contributed by atoms with Gasteiger partial charge in [-0.1, -0.05) is 30.3 Å². The molecule has 0 saturated heterocycles. The second-order valence-corrected chi connectivity index (χ2v) is 3.58. The first-order valence-electron chi connectivity index (χ1n) is 5.54. The SMILES string of the molecule is CCOC(=O)c1cc(C(=O)c2ccccc2)n[nH]1. The molecule has 5 nitrogen and oxygen atoms in total. The van der Waals surface area contributed by atoms with Crippen LogP contribution in [0.15, 0.2) is 36.4 Å². The van der Waals surface area contributed by atoms with Gasteiger partial charge in [-0.05, 0) is 6.92 Å². The standard InChI is InChI=1S/C13H12N2O3/c1-2-18-13(17)11-8-10(14-15-11)12(16)9-6-4-3-5-7-9/h3-8H,2H2,1H3,(H,14,15). The molecule has 0 fully saturated rings. The van der Waals surface area contributed by atoms with Crippen LogP contribution in [0.1, 0.15) is 33.5 Å². The fraction of sp³-hybridized carbons (Fsp3) is 0.154. The third-order valence-electron chi connectivity index (χ3n) is 2.34. The molecule has 92 valence electrons. The molecule has 0 spiro atoms. The topological polar surface area (TPSA) is 72.1 Å². The summed E-state index contributed by atoms with van der Waals surface area (Å²) in [5, 5.41) is 6.32. The van der Waals surface area contributed by atoms with Crippen LogP contribution in [0.3, 0.4) is 0 Å². The van der Waals surface area contributed by atoms with E-state index in [4.69, 9.17) is 4.74 Å². The zero-order chi connectivity index (χ0) is 13.0. The van der Waals surface area contributed by atoms with E-state index in [1.165, 1.54) is 6.07 Å². The normalized spacial score (nSPS) is 10.1. The van der Waals surface area contributed by atoms with E-state index in [9.17, 15) is 9.59 Å². The number of hydrogen-bond donors (Lipinski definition) is 1. The number of hydrogen-bond acceptors (Lipinski definition) is 4. The summed E-state index contributed by atoms with van der Waals surface area (Å²) in [5.74, 6) is -0.750. The van der Waals surface area contributed by atoms with Gasteiger partial charge in [-0.15, -0.1) is 0 Å². The van der Waals surface area contributed by atoms with E-state index in [-0.39, 0.29) is 23.8 Å². The van der Waals surface area contributed by atoms with E-state index in [1.807, 2.05) is 6.07 Å². The molecule has 18 heavy (non-hydrogen) atoms. The third kappa shape index (κ3) is 2.45. The molecule has 5 heteroatoms. The first-order valence-corrected chi connectivity index (χ1v) is 5.54.